The topological polar surface area (TPSA) is 80.4 Å². The van der Waals surface area contributed by atoms with E-state index < -0.39 is 0 Å². The number of hydrogen-bond donors (Lipinski definition) is 2. The van der Waals surface area contributed by atoms with E-state index in [-0.39, 0.29) is 0 Å². The number of guanidine groups is 1. The van der Waals surface area contributed by atoms with Gasteiger partial charge in [-0.1, -0.05) is 12.1 Å². The molecule has 8 heteroatoms. The molecular weight excluding hydrogens is 404 g/mol. The number of phenols is 1. The van der Waals surface area contributed by atoms with E-state index in [4.69, 9.17) is 4.42 Å². The molecule has 2 aliphatic heterocycles. The Balaban J connectivity index is 1.20. The second-order valence-corrected chi connectivity index (χ2v) is 8.86. The van der Waals surface area contributed by atoms with Gasteiger partial charge in [0.1, 0.15) is 11.5 Å². The summed E-state index contributed by atoms with van der Waals surface area (Å²) in [5.74, 6) is 3.74. The molecule has 0 unspecified atom stereocenters. The van der Waals surface area contributed by atoms with E-state index in [1.165, 1.54) is 12.8 Å². The molecule has 174 valence electrons. The van der Waals surface area contributed by atoms with Gasteiger partial charge in [0.15, 0.2) is 5.96 Å². The van der Waals surface area contributed by atoms with Crippen LogP contribution < -0.4 is 10.2 Å². The number of aromatic hydroxyl groups is 1. The van der Waals surface area contributed by atoms with Gasteiger partial charge in [-0.15, -0.1) is 0 Å². The molecule has 0 bridgehead atoms. The number of hydrogen-bond acceptors (Lipinski definition) is 6. The highest BCUT2D eigenvalue weighted by Gasteiger charge is 2.24. The number of nitrogens with zero attached hydrogens (tertiary/aromatic N) is 5. The summed E-state index contributed by atoms with van der Waals surface area (Å²) in [7, 11) is 1.86. The van der Waals surface area contributed by atoms with E-state index in [0.717, 1.165) is 81.3 Å². The van der Waals surface area contributed by atoms with Crippen molar-refractivity contribution in [1.82, 2.24) is 20.1 Å². The number of aliphatic imine (C=N–C) groups is 1. The SMILES string of the molecule is CN=C(NCC1CCN(Cc2nc(C)c(C)o2)CC1)N1CCN(c2ccccc2O)CC1. The second-order valence-electron chi connectivity index (χ2n) is 8.86. The Morgan fingerprint density at radius 2 is 1.84 bits per heavy atom. The van der Waals surface area contributed by atoms with Gasteiger partial charge < -0.3 is 24.6 Å². The van der Waals surface area contributed by atoms with Crippen LogP contribution in [-0.2, 0) is 6.54 Å². The second kappa shape index (κ2) is 10.3. The van der Waals surface area contributed by atoms with Crippen LogP contribution in [0.4, 0.5) is 5.69 Å². The monoisotopic (exact) mass is 440 g/mol. The number of benzene rings is 1. The van der Waals surface area contributed by atoms with Gasteiger partial charge in [-0.25, -0.2) is 4.98 Å². The summed E-state index contributed by atoms with van der Waals surface area (Å²) in [4.78, 5) is 16.0. The smallest absolute Gasteiger partial charge is 0.208 e. The summed E-state index contributed by atoms with van der Waals surface area (Å²) in [6, 6.07) is 7.57. The lowest BCUT2D eigenvalue weighted by atomic mass is 9.97. The fraction of sp³-hybridized carbons (Fsp3) is 0.583. The predicted octanol–water partition coefficient (Wildman–Crippen LogP) is 2.61. The number of piperidine rings is 1. The van der Waals surface area contributed by atoms with Crippen molar-refractivity contribution in [3.63, 3.8) is 0 Å². The minimum Gasteiger partial charge on any atom is -0.506 e. The molecule has 2 aromatic rings. The summed E-state index contributed by atoms with van der Waals surface area (Å²) in [6.45, 7) is 11.4. The maximum absolute atomic E-state index is 10.1. The van der Waals surface area contributed by atoms with E-state index >= 15 is 0 Å². The van der Waals surface area contributed by atoms with E-state index in [1.54, 1.807) is 6.07 Å². The quantitative estimate of drug-likeness (QED) is 0.546. The highest BCUT2D eigenvalue weighted by atomic mass is 16.4. The van der Waals surface area contributed by atoms with Gasteiger partial charge in [0.05, 0.1) is 17.9 Å². The molecule has 2 fully saturated rings. The van der Waals surface area contributed by atoms with Gasteiger partial charge in [-0.3, -0.25) is 9.89 Å². The Morgan fingerprint density at radius 1 is 1.12 bits per heavy atom. The van der Waals surface area contributed by atoms with Crippen LogP contribution >= 0.6 is 0 Å². The largest absolute Gasteiger partial charge is 0.506 e. The van der Waals surface area contributed by atoms with Crippen molar-refractivity contribution < 1.29 is 9.52 Å². The maximum Gasteiger partial charge on any atom is 0.208 e. The Labute approximate surface area is 190 Å². The number of oxazole rings is 1. The minimum atomic E-state index is 0.350. The van der Waals surface area contributed by atoms with Crippen molar-refractivity contribution in [3.8, 4) is 5.75 Å². The minimum absolute atomic E-state index is 0.350. The van der Waals surface area contributed by atoms with Crippen molar-refractivity contribution in [2.24, 2.45) is 10.9 Å². The fourth-order valence-corrected chi connectivity index (χ4v) is 4.61. The van der Waals surface area contributed by atoms with Crippen molar-refractivity contribution in [2.75, 3.05) is 57.8 Å². The van der Waals surface area contributed by atoms with Gasteiger partial charge in [0.25, 0.3) is 0 Å². The molecule has 8 nitrogen and oxygen atoms in total. The number of piperazine rings is 1. The normalized spacial score (nSPS) is 18.9. The van der Waals surface area contributed by atoms with Gasteiger partial charge in [0, 0.05) is 39.8 Å². The molecule has 2 aliphatic rings. The maximum atomic E-state index is 10.1. The third kappa shape index (κ3) is 5.35. The Morgan fingerprint density at radius 3 is 2.47 bits per heavy atom. The predicted molar refractivity (Wildman–Crippen MR) is 127 cm³/mol. The van der Waals surface area contributed by atoms with Crippen LogP contribution in [0.3, 0.4) is 0 Å². The highest BCUT2D eigenvalue weighted by molar-refractivity contribution is 5.80. The fourth-order valence-electron chi connectivity index (χ4n) is 4.61. The van der Waals surface area contributed by atoms with Crippen LogP contribution in [0.15, 0.2) is 33.7 Å². The molecule has 2 N–H and O–H groups in total. The Bertz CT molecular complexity index is 891. The Kier molecular flexibility index (Phi) is 7.19. The van der Waals surface area contributed by atoms with Gasteiger partial charge >= 0.3 is 0 Å². The molecular formula is C24H36N6O2. The first-order chi connectivity index (χ1) is 15.5. The molecule has 0 spiro atoms. The first-order valence-corrected chi connectivity index (χ1v) is 11.7. The number of para-hydroxylation sites is 2. The molecule has 0 atom stereocenters. The van der Waals surface area contributed by atoms with Crippen LogP contribution in [-0.4, -0.2) is 78.7 Å². The van der Waals surface area contributed by atoms with Gasteiger partial charge in [-0.2, -0.15) is 0 Å². The third-order valence-electron chi connectivity index (χ3n) is 6.70. The van der Waals surface area contributed by atoms with Gasteiger partial charge in [-0.05, 0) is 57.8 Å². The van der Waals surface area contributed by atoms with Gasteiger partial charge in [0.2, 0.25) is 5.89 Å². The molecule has 0 amide bonds. The third-order valence-corrected chi connectivity index (χ3v) is 6.70. The van der Waals surface area contributed by atoms with Crippen molar-refractivity contribution in [1.29, 1.82) is 0 Å². The summed E-state index contributed by atoms with van der Waals surface area (Å²) < 4.78 is 5.74. The number of phenolic OH excluding ortho intramolecular Hbond substituents is 1. The van der Waals surface area contributed by atoms with E-state index in [1.807, 2.05) is 39.1 Å². The van der Waals surface area contributed by atoms with Crippen molar-refractivity contribution >= 4 is 11.6 Å². The molecule has 3 heterocycles. The zero-order valence-corrected chi connectivity index (χ0v) is 19.5. The number of aryl methyl sites for hydroxylation is 2. The zero-order chi connectivity index (χ0) is 22.5. The van der Waals surface area contributed by atoms with Crippen LogP contribution in [0, 0.1) is 19.8 Å². The lowest BCUT2D eigenvalue weighted by Crippen LogP contribution is -2.53. The lowest BCUT2D eigenvalue weighted by molar-refractivity contribution is 0.163. The van der Waals surface area contributed by atoms with Crippen molar-refractivity contribution in [3.05, 3.63) is 41.6 Å². The summed E-state index contributed by atoms with van der Waals surface area (Å²) in [5, 5.41) is 13.7. The van der Waals surface area contributed by atoms with Crippen molar-refractivity contribution in [2.45, 2.75) is 33.2 Å². The average Bonchev–Trinajstić information content (AvgIpc) is 3.12. The van der Waals surface area contributed by atoms with E-state index in [0.29, 0.717) is 11.7 Å². The van der Waals surface area contributed by atoms with Crippen LogP contribution in [0.1, 0.15) is 30.2 Å². The zero-order valence-electron chi connectivity index (χ0n) is 19.5. The van der Waals surface area contributed by atoms with Crippen LogP contribution in [0.2, 0.25) is 0 Å². The lowest BCUT2D eigenvalue weighted by Gasteiger charge is -2.38. The first kappa shape index (κ1) is 22.5. The molecule has 32 heavy (non-hydrogen) atoms. The molecule has 4 rings (SSSR count). The summed E-state index contributed by atoms with van der Waals surface area (Å²) >= 11 is 0. The van der Waals surface area contributed by atoms with E-state index in [9.17, 15) is 5.11 Å². The molecule has 0 radical (unpaired) electrons. The van der Waals surface area contributed by atoms with E-state index in [2.05, 4.69) is 30.0 Å². The average molecular weight is 441 g/mol. The number of aromatic nitrogens is 1. The standard InChI is InChI=1S/C24H36N6O2/c1-18-19(2)32-23(27-18)17-28-10-8-20(9-11-28)16-26-24(25-3)30-14-12-29(13-15-30)21-6-4-5-7-22(21)31/h4-7,20,31H,8-17H2,1-3H3,(H,25,26). The Hall–Kier alpha value is -2.74. The molecule has 0 aliphatic carbocycles. The molecule has 1 aromatic carbocycles. The first-order valence-electron chi connectivity index (χ1n) is 11.7. The molecule has 0 saturated carbocycles. The molecule has 1 aromatic heterocycles. The summed E-state index contributed by atoms with van der Waals surface area (Å²) in [6.07, 6.45) is 2.34. The summed E-state index contributed by atoms with van der Waals surface area (Å²) in [5.41, 5.74) is 1.91. The number of nitrogens with one attached hydrogen (secondary N) is 1. The molecule has 2 saturated heterocycles. The number of rotatable bonds is 5. The number of anilines is 1. The highest BCUT2D eigenvalue weighted by Crippen LogP contribution is 2.27. The number of likely N-dealkylation sites (tertiary alicyclic amines) is 1. The van der Waals surface area contributed by atoms with Crippen LogP contribution in [0.25, 0.3) is 0 Å². The van der Waals surface area contributed by atoms with Crippen LogP contribution in [0.5, 0.6) is 5.75 Å².